The van der Waals surface area contributed by atoms with Crippen LogP contribution in [0.15, 0.2) is 65.6 Å². The van der Waals surface area contributed by atoms with Crippen LogP contribution in [0.5, 0.6) is 11.5 Å². The monoisotopic (exact) mass is 667 g/mol. The Morgan fingerprint density at radius 1 is 0.915 bits per heavy atom. The number of fused-ring (bicyclic) bond motifs is 1. The molecule has 0 unspecified atom stereocenters. The van der Waals surface area contributed by atoms with Gasteiger partial charge in [0.15, 0.2) is 0 Å². The first kappa shape index (κ1) is 36.2. The van der Waals surface area contributed by atoms with E-state index in [1.54, 1.807) is 39.5 Å². The van der Waals surface area contributed by atoms with E-state index in [0.717, 1.165) is 91.0 Å². The molecule has 2 aromatic carbocycles. The number of nitrogens with zero attached hydrogens (tertiary/aromatic N) is 3. The number of rotatable bonds is 12. The van der Waals surface area contributed by atoms with Gasteiger partial charge >= 0.3 is 0 Å². The lowest BCUT2D eigenvalue weighted by Gasteiger charge is -2.31. The smallest absolute Gasteiger partial charge is 0.294 e. The molecule has 0 bridgehead atoms. The molecule has 10 nitrogen and oxygen atoms in total. The van der Waals surface area contributed by atoms with Crippen molar-refractivity contribution in [1.29, 1.82) is 0 Å². The van der Waals surface area contributed by atoms with Crippen molar-refractivity contribution in [1.82, 2.24) is 9.61 Å². The zero-order chi connectivity index (χ0) is 32.7. The fourth-order valence-corrected chi connectivity index (χ4v) is 6.55. The minimum atomic E-state index is -4.00. The van der Waals surface area contributed by atoms with Crippen LogP contribution in [-0.4, -0.2) is 70.2 Å². The molecule has 0 amide bonds. The van der Waals surface area contributed by atoms with E-state index in [1.807, 2.05) is 12.1 Å². The number of ether oxygens (including phenoxy) is 4. The quantitative estimate of drug-likeness (QED) is 0.161. The summed E-state index contributed by atoms with van der Waals surface area (Å²) < 4.78 is 54.0. The van der Waals surface area contributed by atoms with Gasteiger partial charge in [-0.3, -0.25) is 4.55 Å². The summed E-state index contributed by atoms with van der Waals surface area (Å²) in [5, 5.41) is 5.17. The second kappa shape index (κ2) is 16.5. The van der Waals surface area contributed by atoms with Crippen LogP contribution in [0.3, 0.4) is 0 Å². The van der Waals surface area contributed by atoms with Crippen molar-refractivity contribution in [3.8, 4) is 22.8 Å². The van der Waals surface area contributed by atoms with E-state index in [2.05, 4.69) is 34.5 Å². The summed E-state index contributed by atoms with van der Waals surface area (Å²) in [6.07, 6.45) is 5.81. The van der Waals surface area contributed by atoms with E-state index in [9.17, 15) is 8.42 Å². The Morgan fingerprint density at radius 2 is 1.53 bits per heavy atom. The van der Waals surface area contributed by atoms with Gasteiger partial charge in [0, 0.05) is 33.4 Å². The summed E-state index contributed by atoms with van der Waals surface area (Å²) >= 11 is 0. The van der Waals surface area contributed by atoms with E-state index in [0.29, 0.717) is 12.5 Å². The maximum atomic E-state index is 10.4. The number of hydrogen-bond donors (Lipinski definition) is 1. The summed E-state index contributed by atoms with van der Waals surface area (Å²) in [7, 11) is 1.09. The Hall–Kier alpha value is -3.64. The van der Waals surface area contributed by atoms with Crippen molar-refractivity contribution >= 4 is 21.3 Å². The van der Waals surface area contributed by atoms with Gasteiger partial charge in [0.1, 0.15) is 11.5 Å². The number of benzene rings is 2. The molecule has 1 saturated heterocycles. The van der Waals surface area contributed by atoms with Crippen LogP contribution >= 0.6 is 0 Å². The van der Waals surface area contributed by atoms with E-state index in [4.69, 9.17) is 28.6 Å². The molecule has 11 heteroatoms. The maximum Gasteiger partial charge on any atom is 0.294 e. The summed E-state index contributed by atoms with van der Waals surface area (Å²) in [4.78, 5) is 2.56. The Kier molecular flexibility index (Phi) is 12.7. The SMILES string of the molecule is C.CCc1nn2c(-c3c(OC)cc(COC)cc3OC)cccc2c1N(CC1CCOCC1)CC1CC1.O=S(=O)(O)c1ccccc1. The van der Waals surface area contributed by atoms with Gasteiger partial charge in [0.25, 0.3) is 10.1 Å². The molecule has 1 aliphatic heterocycles. The predicted molar refractivity (Wildman–Crippen MR) is 185 cm³/mol. The minimum Gasteiger partial charge on any atom is -0.496 e. The van der Waals surface area contributed by atoms with Crippen LogP contribution in [0.4, 0.5) is 5.69 Å². The lowest BCUT2D eigenvalue weighted by molar-refractivity contribution is 0.0681. The summed E-state index contributed by atoms with van der Waals surface area (Å²) in [5.41, 5.74) is 6.44. The lowest BCUT2D eigenvalue weighted by atomic mass is 9.99. The number of aromatic nitrogens is 2. The van der Waals surface area contributed by atoms with Crippen LogP contribution in [-0.2, 0) is 32.6 Å². The summed E-state index contributed by atoms with van der Waals surface area (Å²) in [6.45, 7) is 6.62. The number of hydrogen-bond acceptors (Lipinski definition) is 8. The van der Waals surface area contributed by atoms with E-state index < -0.39 is 10.1 Å². The molecule has 2 aliphatic rings. The van der Waals surface area contributed by atoms with Crippen molar-refractivity contribution in [2.75, 3.05) is 52.5 Å². The second-order valence-corrected chi connectivity index (χ2v) is 13.3. The van der Waals surface area contributed by atoms with Gasteiger partial charge in [0.05, 0.1) is 53.9 Å². The number of aryl methyl sites for hydroxylation is 1. The third-order valence-electron chi connectivity index (χ3n) is 8.52. The van der Waals surface area contributed by atoms with Crippen molar-refractivity contribution in [2.24, 2.45) is 11.8 Å². The Balaban J connectivity index is 0.000000391. The normalized spacial score (nSPS) is 15.0. The van der Waals surface area contributed by atoms with Gasteiger partial charge in [-0.2, -0.15) is 13.5 Å². The molecule has 256 valence electrons. The Morgan fingerprint density at radius 3 is 2.04 bits per heavy atom. The number of pyridine rings is 1. The van der Waals surface area contributed by atoms with Crippen LogP contribution in [0.25, 0.3) is 16.8 Å². The van der Waals surface area contributed by atoms with Crippen LogP contribution in [0, 0.1) is 11.8 Å². The highest BCUT2D eigenvalue weighted by Gasteiger charge is 2.30. The fourth-order valence-electron chi connectivity index (χ4n) is 6.05. The Labute approximate surface area is 279 Å². The maximum absolute atomic E-state index is 10.4. The van der Waals surface area contributed by atoms with E-state index >= 15 is 0 Å². The van der Waals surface area contributed by atoms with Crippen molar-refractivity contribution in [3.05, 3.63) is 71.9 Å². The molecule has 0 radical (unpaired) electrons. The first-order valence-electron chi connectivity index (χ1n) is 15.9. The first-order valence-corrected chi connectivity index (χ1v) is 17.3. The average Bonchev–Trinajstić information content (AvgIpc) is 3.81. The second-order valence-electron chi connectivity index (χ2n) is 11.9. The highest BCUT2D eigenvalue weighted by Crippen LogP contribution is 2.42. The molecule has 1 aliphatic carbocycles. The van der Waals surface area contributed by atoms with Gasteiger partial charge in [-0.05, 0) is 85.9 Å². The predicted octanol–water partition coefficient (Wildman–Crippen LogP) is 6.94. The molecule has 3 heterocycles. The number of methoxy groups -OCH3 is 3. The van der Waals surface area contributed by atoms with E-state index in [1.165, 1.54) is 30.7 Å². The molecular formula is C36H49N3O7S. The highest BCUT2D eigenvalue weighted by molar-refractivity contribution is 7.85. The standard InChI is InChI=1S/C29H39N3O4.C6H6O3S.CH4/c1-5-23-29(31(17-20-9-10-20)18-21-11-13-36-14-12-21)25-8-6-7-24(32(25)30-23)28-26(34-3)15-22(19-33-2)16-27(28)35-4;7-10(8,9)6-4-2-1-3-5-6;/h6-8,15-16,20-21H,5,9-14,17-19H2,1-4H3;1-5H,(H,7,8,9);1H4. The fraction of sp³-hybridized carbons (Fsp3) is 0.472. The molecule has 4 aromatic rings. The molecule has 1 saturated carbocycles. The minimum absolute atomic E-state index is 0. The zero-order valence-corrected chi connectivity index (χ0v) is 28.0. The topological polar surface area (TPSA) is 112 Å². The third-order valence-corrected chi connectivity index (χ3v) is 9.39. The molecule has 2 aromatic heterocycles. The zero-order valence-electron chi connectivity index (χ0n) is 27.1. The average molecular weight is 668 g/mol. The van der Waals surface area contributed by atoms with Gasteiger partial charge in [-0.15, -0.1) is 0 Å². The molecule has 0 spiro atoms. The molecule has 0 atom stereocenters. The summed E-state index contributed by atoms with van der Waals surface area (Å²) in [5.74, 6) is 2.96. The van der Waals surface area contributed by atoms with Gasteiger partial charge < -0.3 is 23.8 Å². The third kappa shape index (κ3) is 8.84. The van der Waals surface area contributed by atoms with E-state index in [-0.39, 0.29) is 12.3 Å². The van der Waals surface area contributed by atoms with Gasteiger partial charge in [-0.1, -0.05) is 38.6 Å². The largest absolute Gasteiger partial charge is 0.496 e. The lowest BCUT2D eigenvalue weighted by Crippen LogP contribution is -2.34. The summed E-state index contributed by atoms with van der Waals surface area (Å²) in [6, 6.07) is 17.9. The van der Waals surface area contributed by atoms with Gasteiger partial charge in [-0.25, -0.2) is 4.52 Å². The first-order chi connectivity index (χ1) is 22.3. The molecule has 2 fully saturated rings. The highest BCUT2D eigenvalue weighted by atomic mass is 32.2. The number of anilines is 1. The van der Waals surface area contributed by atoms with Crippen molar-refractivity contribution in [2.45, 2.75) is 58.0 Å². The molecule has 1 N–H and O–H groups in total. The van der Waals surface area contributed by atoms with Crippen LogP contribution in [0.1, 0.15) is 51.3 Å². The molecular weight excluding hydrogens is 618 g/mol. The van der Waals surface area contributed by atoms with Gasteiger partial charge in [0.2, 0.25) is 0 Å². The van der Waals surface area contributed by atoms with Crippen molar-refractivity contribution < 1.29 is 31.9 Å². The van der Waals surface area contributed by atoms with Crippen LogP contribution < -0.4 is 14.4 Å². The van der Waals surface area contributed by atoms with Crippen molar-refractivity contribution in [3.63, 3.8) is 0 Å². The molecule has 47 heavy (non-hydrogen) atoms. The van der Waals surface area contributed by atoms with Crippen LogP contribution in [0.2, 0.25) is 0 Å². The Bertz CT molecular complexity index is 1670. The molecule has 6 rings (SSSR count).